The van der Waals surface area contributed by atoms with Crippen LogP contribution in [0.5, 0.6) is 11.5 Å². The minimum atomic E-state index is -0.365. The van der Waals surface area contributed by atoms with Crippen LogP contribution in [0, 0.1) is 0 Å². The molecule has 0 unspecified atom stereocenters. The smallest absolute Gasteiger partial charge is 0.395 e. The van der Waals surface area contributed by atoms with E-state index in [1.807, 2.05) is 13.0 Å². The van der Waals surface area contributed by atoms with Crippen molar-refractivity contribution in [2.24, 2.45) is 0 Å². The van der Waals surface area contributed by atoms with Crippen molar-refractivity contribution in [1.82, 2.24) is 0 Å². The van der Waals surface area contributed by atoms with Crippen LogP contribution < -0.4 is 9.26 Å². The number of hydrogen-bond acceptors (Lipinski definition) is 3. The molecule has 64 valence electrons. The molecule has 0 N–H and O–H groups in total. The monoisotopic (exact) mass is 184 g/mol. The molecule has 0 aliphatic rings. The molecular formula is C8H9O3P. The van der Waals surface area contributed by atoms with E-state index in [0.717, 1.165) is 0 Å². The van der Waals surface area contributed by atoms with Crippen molar-refractivity contribution in [3.63, 3.8) is 0 Å². The lowest BCUT2D eigenvalue weighted by atomic mass is 10.3. The summed E-state index contributed by atoms with van der Waals surface area (Å²) in [6, 6.07) is 7.10. The summed E-state index contributed by atoms with van der Waals surface area (Å²) < 4.78 is 20.2. The SMILES string of the molecule is CCOc1ccccc1OP=O. The lowest BCUT2D eigenvalue weighted by molar-refractivity contribution is 0.329. The lowest BCUT2D eigenvalue weighted by Gasteiger charge is -2.05. The second-order valence-electron chi connectivity index (χ2n) is 2.05. The van der Waals surface area contributed by atoms with Gasteiger partial charge in [0.15, 0.2) is 11.5 Å². The van der Waals surface area contributed by atoms with Gasteiger partial charge in [-0.1, -0.05) is 12.1 Å². The van der Waals surface area contributed by atoms with E-state index < -0.39 is 0 Å². The normalized spacial score (nSPS) is 9.75. The Kier molecular flexibility index (Phi) is 3.55. The number of hydrogen-bond donors (Lipinski definition) is 0. The van der Waals surface area contributed by atoms with E-state index in [4.69, 9.17) is 9.26 Å². The predicted octanol–water partition coefficient (Wildman–Crippen LogP) is 2.67. The Hall–Kier alpha value is -1.08. The molecular weight excluding hydrogens is 175 g/mol. The van der Waals surface area contributed by atoms with E-state index in [1.54, 1.807) is 18.2 Å². The summed E-state index contributed by atoms with van der Waals surface area (Å²) >= 11 is 0. The van der Waals surface area contributed by atoms with Crippen LogP contribution in [0.25, 0.3) is 0 Å². The predicted molar refractivity (Wildman–Crippen MR) is 45.8 cm³/mol. The van der Waals surface area contributed by atoms with Crippen molar-refractivity contribution in [3.8, 4) is 11.5 Å². The molecule has 0 saturated carbocycles. The van der Waals surface area contributed by atoms with Crippen molar-refractivity contribution in [1.29, 1.82) is 0 Å². The van der Waals surface area contributed by atoms with Gasteiger partial charge in [0.05, 0.1) is 6.61 Å². The summed E-state index contributed by atoms with van der Waals surface area (Å²) in [5.41, 5.74) is 0. The molecule has 3 nitrogen and oxygen atoms in total. The standard InChI is InChI=1S/C8H9O3P/c1-2-10-7-5-3-4-6-8(7)11-12-9/h3-6H,2H2,1H3. The maximum Gasteiger partial charge on any atom is 0.395 e. The van der Waals surface area contributed by atoms with Crippen molar-refractivity contribution in [2.45, 2.75) is 6.92 Å². The van der Waals surface area contributed by atoms with Crippen molar-refractivity contribution >= 4 is 8.69 Å². The van der Waals surface area contributed by atoms with Crippen LogP contribution in [0.4, 0.5) is 0 Å². The van der Waals surface area contributed by atoms with Gasteiger partial charge < -0.3 is 9.26 Å². The second-order valence-corrected chi connectivity index (χ2v) is 2.38. The summed E-state index contributed by atoms with van der Waals surface area (Å²) in [6.45, 7) is 2.45. The molecule has 0 aliphatic heterocycles. The van der Waals surface area contributed by atoms with Crippen LogP contribution in [0.15, 0.2) is 24.3 Å². The van der Waals surface area contributed by atoms with Gasteiger partial charge in [0, 0.05) is 0 Å². The zero-order valence-electron chi connectivity index (χ0n) is 6.69. The Morgan fingerprint density at radius 2 is 2.00 bits per heavy atom. The molecule has 0 aromatic heterocycles. The fourth-order valence-corrected chi connectivity index (χ4v) is 1.07. The topological polar surface area (TPSA) is 35.5 Å². The van der Waals surface area contributed by atoms with Crippen LogP contribution in [0.2, 0.25) is 0 Å². The largest absolute Gasteiger partial charge is 0.490 e. The van der Waals surface area contributed by atoms with E-state index in [1.165, 1.54) is 0 Å². The summed E-state index contributed by atoms with van der Waals surface area (Å²) in [4.78, 5) is 0. The highest BCUT2D eigenvalue weighted by atomic mass is 31.1. The lowest BCUT2D eigenvalue weighted by Crippen LogP contribution is -1.92. The third kappa shape index (κ3) is 2.21. The van der Waals surface area contributed by atoms with E-state index in [9.17, 15) is 4.57 Å². The first-order valence-corrected chi connectivity index (χ1v) is 4.33. The third-order valence-corrected chi connectivity index (χ3v) is 1.56. The van der Waals surface area contributed by atoms with Gasteiger partial charge in [0.25, 0.3) is 0 Å². The Labute approximate surface area is 72.6 Å². The van der Waals surface area contributed by atoms with Crippen molar-refractivity contribution < 1.29 is 13.8 Å². The minimum Gasteiger partial charge on any atom is -0.490 e. The van der Waals surface area contributed by atoms with Gasteiger partial charge in [-0.15, -0.1) is 0 Å². The molecule has 0 spiro atoms. The molecule has 0 amide bonds. The molecule has 0 fully saturated rings. The molecule has 0 radical (unpaired) electrons. The van der Waals surface area contributed by atoms with Crippen molar-refractivity contribution in [3.05, 3.63) is 24.3 Å². The Morgan fingerprint density at radius 3 is 2.58 bits per heavy atom. The second kappa shape index (κ2) is 4.73. The first-order valence-electron chi connectivity index (χ1n) is 3.60. The maximum absolute atomic E-state index is 10.2. The molecule has 1 aromatic rings. The van der Waals surface area contributed by atoms with E-state index in [0.29, 0.717) is 18.1 Å². The van der Waals surface area contributed by atoms with Gasteiger partial charge in [-0.3, -0.25) is 0 Å². The summed E-state index contributed by atoms with van der Waals surface area (Å²) in [7, 11) is -0.365. The number of benzene rings is 1. The van der Waals surface area contributed by atoms with Crippen LogP contribution in [-0.2, 0) is 4.57 Å². The minimum absolute atomic E-state index is 0.365. The highest BCUT2D eigenvalue weighted by Crippen LogP contribution is 2.28. The first kappa shape index (κ1) is 9.01. The maximum atomic E-state index is 10.2. The van der Waals surface area contributed by atoms with Gasteiger partial charge in [-0.25, -0.2) is 4.57 Å². The van der Waals surface area contributed by atoms with Gasteiger partial charge in [0.1, 0.15) is 0 Å². The zero-order chi connectivity index (χ0) is 8.81. The van der Waals surface area contributed by atoms with Crippen LogP contribution in [0.1, 0.15) is 6.92 Å². The fourth-order valence-electron chi connectivity index (χ4n) is 0.840. The molecule has 12 heavy (non-hydrogen) atoms. The summed E-state index contributed by atoms with van der Waals surface area (Å²) in [6.07, 6.45) is 0. The number of rotatable bonds is 4. The van der Waals surface area contributed by atoms with Gasteiger partial charge in [-0.05, 0) is 19.1 Å². The molecule has 0 bridgehead atoms. The van der Waals surface area contributed by atoms with E-state index >= 15 is 0 Å². The van der Waals surface area contributed by atoms with E-state index in [-0.39, 0.29) is 8.69 Å². The van der Waals surface area contributed by atoms with Crippen LogP contribution in [-0.4, -0.2) is 6.61 Å². The average Bonchev–Trinajstić information content (AvgIpc) is 2.09. The summed E-state index contributed by atoms with van der Waals surface area (Å²) in [5.74, 6) is 1.11. The molecule has 0 atom stereocenters. The van der Waals surface area contributed by atoms with Crippen LogP contribution >= 0.6 is 8.69 Å². The zero-order valence-corrected chi connectivity index (χ0v) is 7.58. The molecule has 0 heterocycles. The Morgan fingerprint density at radius 1 is 1.33 bits per heavy atom. The Bertz CT molecular complexity index is 262. The molecule has 1 aromatic carbocycles. The molecule has 0 saturated heterocycles. The summed E-state index contributed by atoms with van der Waals surface area (Å²) in [5, 5.41) is 0. The highest BCUT2D eigenvalue weighted by Gasteiger charge is 2.01. The quantitative estimate of drug-likeness (QED) is 0.675. The third-order valence-electron chi connectivity index (χ3n) is 1.28. The molecule has 1 rings (SSSR count). The van der Waals surface area contributed by atoms with Crippen molar-refractivity contribution in [2.75, 3.05) is 6.61 Å². The average molecular weight is 184 g/mol. The van der Waals surface area contributed by atoms with Gasteiger partial charge >= 0.3 is 8.69 Å². The number of para-hydroxylation sites is 2. The van der Waals surface area contributed by atoms with Gasteiger partial charge in [0.2, 0.25) is 0 Å². The number of ether oxygens (including phenoxy) is 1. The highest BCUT2D eigenvalue weighted by molar-refractivity contribution is 7.17. The molecule has 0 aliphatic carbocycles. The fraction of sp³-hybridized carbons (Fsp3) is 0.250. The Balaban J connectivity index is 2.83. The van der Waals surface area contributed by atoms with Crippen LogP contribution in [0.3, 0.4) is 0 Å². The van der Waals surface area contributed by atoms with E-state index in [2.05, 4.69) is 0 Å². The first-order chi connectivity index (χ1) is 5.88. The van der Waals surface area contributed by atoms with Gasteiger partial charge in [-0.2, -0.15) is 0 Å². The molecule has 4 heteroatoms.